The van der Waals surface area contributed by atoms with Gasteiger partial charge in [-0.05, 0) is 26.2 Å². The van der Waals surface area contributed by atoms with E-state index < -0.39 is 5.67 Å². The molecule has 25 heavy (non-hydrogen) atoms. The van der Waals surface area contributed by atoms with E-state index in [0.29, 0.717) is 37.6 Å². The Kier molecular flexibility index (Phi) is 5.36. The summed E-state index contributed by atoms with van der Waals surface area (Å²) in [6.07, 6.45) is 4.63. The summed E-state index contributed by atoms with van der Waals surface area (Å²) in [6.45, 7) is 5.30. The molecule has 3 heterocycles. The van der Waals surface area contributed by atoms with Gasteiger partial charge in [0.25, 0.3) is 0 Å². The molecule has 1 saturated heterocycles. The standard InChI is InChI=1S/C17H23FN6S/c1-12-10-14(22-13(2)21-12)20-11-17(18)5-8-24(9-6-17)15-4-7-19-16(23-15)25-3/h4,7,10H,5-6,8-9,11H2,1-3H3,(H,20,21,22). The Bertz CT molecular complexity index is 713. The number of anilines is 2. The summed E-state index contributed by atoms with van der Waals surface area (Å²) in [5, 5.41) is 3.88. The van der Waals surface area contributed by atoms with Crippen molar-refractivity contribution in [2.24, 2.45) is 0 Å². The van der Waals surface area contributed by atoms with Crippen molar-refractivity contribution in [3.8, 4) is 0 Å². The van der Waals surface area contributed by atoms with Crippen molar-refractivity contribution in [3.05, 3.63) is 29.8 Å². The van der Waals surface area contributed by atoms with Crippen LogP contribution in [-0.2, 0) is 0 Å². The Morgan fingerprint density at radius 2 is 2.00 bits per heavy atom. The van der Waals surface area contributed by atoms with E-state index in [1.165, 1.54) is 11.8 Å². The van der Waals surface area contributed by atoms with Gasteiger partial charge in [-0.3, -0.25) is 0 Å². The van der Waals surface area contributed by atoms with Crippen molar-refractivity contribution >= 4 is 23.4 Å². The number of hydrogen-bond acceptors (Lipinski definition) is 7. The Hall–Kier alpha value is -1.96. The molecule has 134 valence electrons. The van der Waals surface area contributed by atoms with Gasteiger partial charge in [0.1, 0.15) is 23.1 Å². The first kappa shape index (κ1) is 17.8. The average molecular weight is 362 g/mol. The predicted octanol–water partition coefficient (Wildman–Crippen LogP) is 3.03. The average Bonchev–Trinajstić information content (AvgIpc) is 2.60. The zero-order valence-corrected chi connectivity index (χ0v) is 15.6. The van der Waals surface area contributed by atoms with Crippen molar-refractivity contribution in [1.82, 2.24) is 19.9 Å². The number of thioether (sulfide) groups is 1. The van der Waals surface area contributed by atoms with Crippen molar-refractivity contribution in [2.75, 3.05) is 36.1 Å². The maximum Gasteiger partial charge on any atom is 0.189 e. The monoisotopic (exact) mass is 362 g/mol. The molecule has 0 atom stereocenters. The second-order valence-electron chi connectivity index (χ2n) is 6.33. The van der Waals surface area contributed by atoms with Gasteiger partial charge in [0.2, 0.25) is 0 Å². The van der Waals surface area contributed by atoms with Gasteiger partial charge in [0, 0.05) is 43.9 Å². The zero-order chi connectivity index (χ0) is 17.9. The van der Waals surface area contributed by atoms with Gasteiger partial charge < -0.3 is 10.2 Å². The lowest BCUT2D eigenvalue weighted by Gasteiger charge is -2.37. The number of nitrogens with zero attached hydrogens (tertiary/aromatic N) is 5. The lowest BCUT2D eigenvalue weighted by Crippen LogP contribution is -2.45. The number of rotatable bonds is 5. The normalized spacial score (nSPS) is 16.7. The fraction of sp³-hybridized carbons (Fsp3) is 0.529. The van der Waals surface area contributed by atoms with E-state index in [1.807, 2.05) is 32.2 Å². The highest BCUT2D eigenvalue weighted by Crippen LogP contribution is 2.29. The predicted molar refractivity (Wildman–Crippen MR) is 99.1 cm³/mol. The molecule has 1 fully saturated rings. The number of hydrogen-bond donors (Lipinski definition) is 1. The summed E-state index contributed by atoms with van der Waals surface area (Å²) in [5.74, 6) is 2.25. The lowest BCUT2D eigenvalue weighted by molar-refractivity contribution is 0.140. The molecule has 0 saturated carbocycles. The molecule has 1 N–H and O–H groups in total. The van der Waals surface area contributed by atoms with E-state index in [-0.39, 0.29) is 6.54 Å². The van der Waals surface area contributed by atoms with E-state index >= 15 is 4.39 Å². The molecule has 2 aromatic heterocycles. The second kappa shape index (κ2) is 7.51. The maximum absolute atomic E-state index is 15.1. The van der Waals surface area contributed by atoms with Gasteiger partial charge >= 0.3 is 0 Å². The number of nitrogens with one attached hydrogen (secondary N) is 1. The van der Waals surface area contributed by atoms with Crippen LogP contribution in [0.4, 0.5) is 16.0 Å². The molecule has 0 amide bonds. The van der Waals surface area contributed by atoms with Crippen LogP contribution in [0.5, 0.6) is 0 Å². The first-order valence-corrected chi connectivity index (χ1v) is 9.57. The Labute approximate surface area is 151 Å². The molecule has 2 aromatic rings. The van der Waals surface area contributed by atoms with Crippen LogP contribution >= 0.6 is 11.8 Å². The number of aryl methyl sites for hydroxylation is 2. The summed E-state index contributed by atoms with van der Waals surface area (Å²) in [5.41, 5.74) is -0.357. The van der Waals surface area contributed by atoms with Crippen LogP contribution in [0.3, 0.4) is 0 Å². The fourth-order valence-corrected chi connectivity index (χ4v) is 3.33. The minimum Gasteiger partial charge on any atom is -0.367 e. The Morgan fingerprint density at radius 1 is 1.24 bits per heavy atom. The molecular weight excluding hydrogens is 339 g/mol. The molecule has 0 bridgehead atoms. The highest BCUT2D eigenvalue weighted by molar-refractivity contribution is 7.98. The van der Waals surface area contributed by atoms with Gasteiger partial charge in [-0.25, -0.2) is 24.3 Å². The van der Waals surface area contributed by atoms with Crippen molar-refractivity contribution in [3.63, 3.8) is 0 Å². The first-order valence-electron chi connectivity index (χ1n) is 8.34. The highest BCUT2D eigenvalue weighted by Gasteiger charge is 2.35. The summed E-state index contributed by atoms with van der Waals surface area (Å²) < 4.78 is 15.1. The van der Waals surface area contributed by atoms with Crippen LogP contribution < -0.4 is 10.2 Å². The fourth-order valence-electron chi connectivity index (χ4n) is 2.98. The molecule has 0 aliphatic carbocycles. The topological polar surface area (TPSA) is 66.8 Å². The molecule has 1 aliphatic heterocycles. The van der Waals surface area contributed by atoms with Gasteiger partial charge in [-0.2, -0.15) is 0 Å². The van der Waals surface area contributed by atoms with Crippen LogP contribution in [0.25, 0.3) is 0 Å². The zero-order valence-electron chi connectivity index (χ0n) is 14.8. The maximum atomic E-state index is 15.1. The van der Waals surface area contributed by atoms with Crippen LogP contribution in [0, 0.1) is 13.8 Å². The van der Waals surface area contributed by atoms with E-state index in [2.05, 4.69) is 30.2 Å². The van der Waals surface area contributed by atoms with E-state index in [4.69, 9.17) is 0 Å². The quantitative estimate of drug-likeness (QED) is 0.648. The molecule has 3 rings (SSSR count). The van der Waals surface area contributed by atoms with Crippen LogP contribution in [0.1, 0.15) is 24.4 Å². The number of piperidine rings is 1. The number of alkyl halides is 1. The third kappa shape index (κ3) is 4.56. The summed E-state index contributed by atoms with van der Waals surface area (Å²) in [6, 6.07) is 3.73. The molecule has 6 nitrogen and oxygen atoms in total. The van der Waals surface area contributed by atoms with E-state index in [1.54, 1.807) is 6.20 Å². The third-order valence-electron chi connectivity index (χ3n) is 4.34. The van der Waals surface area contributed by atoms with Gasteiger partial charge in [-0.15, -0.1) is 0 Å². The largest absolute Gasteiger partial charge is 0.367 e. The first-order chi connectivity index (χ1) is 12.0. The van der Waals surface area contributed by atoms with Crippen LogP contribution in [0.2, 0.25) is 0 Å². The molecule has 0 radical (unpaired) electrons. The second-order valence-corrected chi connectivity index (χ2v) is 7.11. The lowest BCUT2D eigenvalue weighted by atomic mass is 9.93. The van der Waals surface area contributed by atoms with E-state index in [9.17, 15) is 0 Å². The third-order valence-corrected chi connectivity index (χ3v) is 4.90. The van der Waals surface area contributed by atoms with Crippen molar-refractivity contribution in [1.29, 1.82) is 0 Å². The smallest absolute Gasteiger partial charge is 0.189 e. The molecule has 0 aromatic carbocycles. The minimum absolute atomic E-state index is 0.260. The number of aromatic nitrogens is 4. The Morgan fingerprint density at radius 3 is 2.68 bits per heavy atom. The summed E-state index contributed by atoms with van der Waals surface area (Å²) in [4.78, 5) is 19.4. The van der Waals surface area contributed by atoms with Crippen LogP contribution in [-0.4, -0.2) is 51.5 Å². The summed E-state index contributed by atoms with van der Waals surface area (Å²) >= 11 is 1.51. The summed E-state index contributed by atoms with van der Waals surface area (Å²) in [7, 11) is 0. The van der Waals surface area contributed by atoms with Gasteiger partial charge in [0.05, 0.1) is 6.54 Å². The molecule has 8 heteroatoms. The van der Waals surface area contributed by atoms with Crippen molar-refractivity contribution < 1.29 is 4.39 Å². The van der Waals surface area contributed by atoms with Crippen LogP contribution in [0.15, 0.2) is 23.5 Å². The Balaban J connectivity index is 1.58. The van der Waals surface area contributed by atoms with Gasteiger partial charge in [-0.1, -0.05) is 11.8 Å². The number of halogens is 1. The molecular formula is C17H23FN6S. The van der Waals surface area contributed by atoms with Gasteiger partial charge in [0.15, 0.2) is 5.16 Å². The molecule has 0 unspecified atom stereocenters. The van der Waals surface area contributed by atoms with E-state index in [0.717, 1.165) is 16.7 Å². The molecule has 1 aliphatic rings. The van der Waals surface area contributed by atoms with Crippen molar-refractivity contribution in [2.45, 2.75) is 37.5 Å². The minimum atomic E-state index is -1.24. The SMILES string of the molecule is CSc1nccc(N2CCC(F)(CNc3cc(C)nc(C)n3)CC2)n1. The molecule has 0 spiro atoms. The highest BCUT2D eigenvalue weighted by atomic mass is 32.2.